The molecule has 2 aromatic carbocycles. The maximum atomic E-state index is 13.6. The van der Waals surface area contributed by atoms with Crippen LogP contribution < -0.4 is 0 Å². The largest absolute Gasteiger partial charge is 0.338 e. The van der Waals surface area contributed by atoms with Crippen molar-refractivity contribution < 1.29 is 13.6 Å². The molecule has 0 saturated carbocycles. The molecule has 0 bridgehead atoms. The Balaban J connectivity index is 1.53. The number of carbonyl (C=O) groups is 1. The molecule has 35 heavy (non-hydrogen) atoms. The van der Waals surface area contributed by atoms with E-state index in [0.29, 0.717) is 18.2 Å². The van der Waals surface area contributed by atoms with Crippen LogP contribution in [-0.2, 0) is 11.3 Å². The molecule has 1 atom stereocenters. The number of hydrogen-bond donors (Lipinski definition) is 0. The lowest BCUT2D eigenvalue weighted by molar-refractivity contribution is -0.128. The zero-order chi connectivity index (χ0) is 24.8. The van der Waals surface area contributed by atoms with Gasteiger partial charge in [-0.2, -0.15) is 0 Å². The van der Waals surface area contributed by atoms with Crippen molar-refractivity contribution in [3.8, 4) is 5.69 Å². The third-order valence-corrected chi connectivity index (χ3v) is 7.29. The zero-order valence-electron chi connectivity index (χ0n) is 20.2. The molecule has 3 aromatic rings. The fourth-order valence-electron chi connectivity index (χ4n) is 4.40. The van der Waals surface area contributed by atoms with Crippen LogP contribution in [0, 0.1) is 11.6 Å². The van der Waals surface area contributed by atoms with Crippen LogP contribution in [0.15, 0.2) is 53.7 Å². The van der Waals surface area contributed by atoms with Crippen LogP contribution in [0.2, 0.25) is 0 Å². The lowest BCUT2D eigenvalue weighted by atomic mass is 10.1. The molecule has 4 rings (SSSR count). The van der Waals surface area contributed by atoms with Crippen molar-refractivity contribution in [2.75, 3.05) is 25.4 Å². The molecular formula is C26H31F2N5OS. The molecule has 1 saturated heterocycles. The van der Waals surface area contributed by atoms with E-state index in [1.807, 2.05) is 17.6 Å². The van der Waals surface area contributed by atoms with Gasteiger partial charge < -0.3 is 4.90 Å². The number of carbonyl (C=O) groups excluding carboxylic acids is 1. The van der Waals surface area contributed by atoms with Crippen LogP contribution in [0.5, 0.6) is 0 Å². The summed E-state index contributed by atoms with van der Waals surface area (Å²) >= 11 is 1.31. The van der Waals surface area contributed by atoms with Crippen LogP contribution in [-0.4, -0.2) is 55.9 Å². The number of aromatic nitrogens is 3. The maximum Gasteiger partial charge on any atom is 0.233 e. The van der Waals surface area contributed by atoms with Gasteiger partial charge in [-0.3, -0.25) is 14.3 Å². The molecule has 1 aliphatic rings. The SMILES string of the molecule is CCN(Cc1cccc(F)c1)C(=O)CSc1nnc([C@@H](C)N2CCCCC2)n1-c1ccc(F)cc1. The number of piperidine rings is 1. The molecule has 0 radical (unpaired) electrons. The third-order valence-electron chi connectivity index (χ3n) is 6.38. The monoisotopic (exact) mass is 499 g/mol. The second kappa shape index (κ2) is 11.8. The van der Waals surface area contributed by atoms with Crippen LogP contribution >= 0.6 is 11.8 Å². The van der Waals surface area contributed by atoms with Gasteiger partial charge in [0.15, 0.2) is 11.0 Å². The Morgan fingerprint density at radius 1 is 1.06 bits per heavy atom. The molecule has 6 nitrogen and oxygen atoms in total. The Labute approximate surface area is 209 Å². The Bertz CT molecular complexity index is 1130. The number of thioether (sulfide) groups is 1. The summed E-state index contributed by atoms with van der Waals surface area (Å²) in [5.74, 6) is 0.248. The first kappa shape index (κ1) is 25.3. The van der Waals surface area contributed by atoms with Crippen molar-refractivity contribution in [3.05, 3.63) is 71.6 Å². The second-order valence-corrected chi connectivity index (χ2v) is 9.69. The molecular weight excluding hydrogens is 468 g/mol. The number of benzene rings is 2. The van der Waals surface area contributed by atoms with Gasteiger partial charge in [-0.15, -0.1) is 10.2 Å². The molecule has 1 amide bonds. The standard InChI is InChI=1S/C26H31F2N5OS/c1-3-31(17-20-8-7-9-22(28)16-20)24(34)18-35-26-30-29-25(19(2)32-14-5-4-6-15-32)33(26)23-12-10-21(27)11-13-23/h7-13,16,19H,3-6,14-15,17-18H2,1-2H3/t19-/m1/s1. The Hall–Kier alpha value is -2.78. The number of nitrogens with zero attached hydrogens (tertiary/aromatic N) is 5. The van der Waals surface area contributed by atoms with Crippen molar-refractivity contribution in [1.29, 1.82) is 0 Å². The van der Waals surface area contributed by atoms with Crippen LogP contribution in [0.4, 0.5) is 8.78 Å². The normalized spacial score (nSPS) is 15.2. The van der Waals surface area contributed by atoms with E-state index in [9.17, 15) is 13.6 Å². The van der Waals surface area contributed by atoms with Gasteiger partial charge in [0.05, 0.1) is 11.8 Å². The van der Waals surface area contributed by atoms with Gasteiger partial charge in [0, 0.05) is 18.8 Å². The Kier molecular flexibility index (Phi) is 8.51. The maximum absolute atomic E-state index is 13.6. The molecule has 0 aliphatic carbocycles. The topological polar surface area (TPSA) is 54.3 Å². The number of amides is 1. The second-order valence-electron chi connectivity index (χ2n) is 8.75. The lowest BCUT2D eigenvalue weighted by Gasteiger charge is -2.31. The third kappa shape index (κ3) is 6.27. The number of hydrogen-bond acceptors (Lipinski definition) is 5. The van der Waals surface area contributed by atoms with Gasteiger partial charge in [-0.25, -0.2) is 8.78 Å². The number of halogens is 2. The first-order chi connectivity index (χ1) is 17.0. The molecule has 2 heterocycles. The summed E-state index contributed by atoms with van der Waals surface area (Å²) in [5.41, 5.74) is 1.51. The van der Waals surface area contributed by atoms with E-state index in [2.05, 4.69) is 22.0 Å². The van der Waals surface area contributed by atoms with Gasteiger partial charge in [0.2, 0.25) is 5.91 Å². The van der Waals surface area contributed by atoms with Crippen molar-refractivity contribution in [2.24, 2.45) is 0 Å². The van der Waals surface area contributed by atoms with E-state index >= 15 is 0 Å². The fraction of sp³-hybridized carbons (Fsp3) is 0.423. The molecule has 0 N–H and O–H groups in total. The molecule has 186 valence electrons. The summed E-state index contributed by atoms with van der Waals surface area (Å²) in [7, 11) is 0. The average Bonchev–Trinajstić information content (AvgIpc) is 3.30. The van der Waals surface area contributed by atoms with E-state index in [1.165, 1.54) is 42.4 Å². The highest BCUT2D eigenvalue weighted by Crippen LogP contribution is 2.29. The predicted octanol–water partition coefficient (Wildman–Crippen LogP) is 5.23. The van der Waals surface area contributed by atoms with Crippen LogP contribution in [0.1, 0.15) is 50.5 Å². The molecule has 1 aliphatic heterocycles. The molecule has 0 spiro atoms. The fourth-order valence-corrected chi connectivity index (χ4v) is 5.26. The first-order valence-electron chi connectivity index (χ1n) is 12.1. The Morgan fingerprint density at radius 3 is 2.49 bits per heavy atom. The van der Waals surface area contributed by atoms with E-state index in [4.69, 9.17) is 0 Å². The van der Waals surface area contributed by atoms with Crippen molar-refractivity contribution in [3.63, 3.8) is 0 Å². The summed E-state index contributed by atoms with van der Waals surface area (Å²) in [6, 6.07) is 12.6. The predicted molar refractivity (Wildman–Crippen MR) is 133 cm³/mol. The van der Waals surface area contributed by atoms with Gasteiger partial charge >= 0.3 is 0 Å². The van der Waals surface area contributed by atoms with Gasteiger partial charge in [0.1, 0.15) is 11.6 Å². The quantitative estimate of drug-likeness (QED) is 0.377. The molecule has 9 heteroatoms. The smallest absolute Gasteiger partial charge is 0.233 e. The lowest BCUT2D eigenvalue weighted by Crippen LogP contribution is -2.33. The van der Waals surface area contributed by atoms with Crippen molar-refractivity contribution in [2.45, 2.75) is 50.9 Å². The van der Waals surface area contributed by atoms with Gasteiger partial charge in [-0.05, 0) is 81.7 Å². The Morgan fingerprint density at radius 2 is 1.80 bits per heavy atom. The first-order valence-corrected chi connectivity index (χ1v) is 13.0. The summed E-state index contributed by atoms with van der Waals surface area (Å²) in [5, 5.41) is 9.51. The van der Waals surface area contributed by atoms with Crippen LogP contribution in [0.25, 0.3) is 5.69 Å². The minimum absolute atomic E-state index is 0.0398. The average molecular weight is 500 g/mol. The van der Waals surface area contributed by atoms with E-state index < -0.39 is 0 Å². The highest BCUT2D eigenvalue weighted by atomic mass is 32.2. The van der Waals surface area contributed by atoms with Crippen molar-refractivity contribution >= 4 is 17.7 Å². The molecule has 1 fully saturated rings. The highest BCUT2D eigenvalue weighted by molar-refractivity contribution is 7.99. The zero-order valence-corrected chi connectivity index (χ0v) is 21.0. The summed E-state index contributed by atoms with van der Waals surface area (Å²) in [4.78, 5) is 17.1. The van der Waals surface area contributed by atoms with E-state index in [0.717, 1.165) is 43.0 Å². The number of likely N-dealkylation sites (tertiary alicyclic amines) is 1. The minimum atomic E-state index is -0.317. The summed E-state index contributed by atoms with van der Waals surface area (Å²) in [6.45, 7) is 6.88. The van der Waals surface area contributed by atoms with E-state index in [-0.39, 0.29) is 29.3 Å². The van der Waals surface area contributed by atoms with Crippen molar-refractivity contribution in [1.82, 2.24) is 24.6 Å². The van der Waals surface area contributed by atoms with E-state index in [1.54, 1.807) is 23.1 Å². The minimum Gasteiger partial charge on any atom is -0.338 e. The van der Waals surface area contributed by atoms with Gasteiger partial charge in [0.25, 0.3) is 0 Å². The number of rotatable bonds is 9. The molecule has 1 aromatic heterocycles. The summed E-state index contributed by atoms with van der Waals surface area (Å²) in [6.07, 6.45) is 3.55. The summed E-state index contributed by atoms with van der Waals surface area (Å²) < 4.78 is 29.1. The van der Waals surface area contributed by atoms with Crippen LogP contribution in [0.3, 0.4) is 0 Å². The van der Waals surface area contributed by atoms with Gasteiger partial charge in [-0.1, -0.05) is 30.3 Å². The molecule has 0 unspecified atom stereocenters. The highest BCUT2D eigenvalue weighted by Gasteiger charge is 2.26.